The van der Waals surface area contributed by atoms with Crippen molar-refractivity contribution in [2.45, 2.75) is 32.9 Å². The molecule has 6 heteroatoms. The first-order chi connectivity index (χ1) is 12.1. The monoisotopic (exact) mass is 445 g/mol. The topological polar surface area (TPSA) is 30.5 Å². The summed E-state index contributed by atoms with van der Waals surface area (Å²) in [5.74, 6) is 1.37. The fourth-order valence-corrected chi connectivity index (χ4v) is 3.35. The minimum absolute atomic E-state index is 0.271. The van der Waals surface area contributed by atoms with Gasteiger partial charge in [0.1, 0.15) is 6.61 Å². The van der Waals surface area contributed by atoms with Crippen LogP contribution in [0.2, 0.25) is 10.0 Å². The Morgan fingerprint density at radius 1 is 1.08 bits per heavy atom. The van der Waals surface area contributed by atoms with Gasteiger partial charge in [0.15, 0.2) is 11.5 Å². The van der Waals surface area contributed by atoms with Crippen LogP contribution in [0.4, 0.5) is 0 Å². The van der Waals surface area contributed by atoms with Gasteiger partial charge < -0.3 is 14.8 Å². The van der Waals surface area contributed by atoms with Crippen LogP contribution in [0, 0.1) is 0 Å². The number of rotatable bonds is 9. The van der Waals surface area contributed by atoms with Crippen molar-refractivity contribution in [1.29, 1.82) is 0 Å². The van der Waals surface area contributed by atoms with E-state index in [0.29, 0.717) is 28.1 Å². The number of ether oxygens (including phenoxy) is 2. The quantitative estimate of drug-likeness (QED) is 0.463. The van der Waals surface area contributed by atoms with Crippen LogP contribution in [-0.4, -0.2) is 13.7 Å². The zero-order valence-electron chi connectivity index (χ0n) is 14.4. The minimum Gasteiger partial charge on any atom is -0.493 e. The summed E-state index contributed by atoms with van der Waals surface area (Å²) in [5, 5.41) is 4.61. The first-order valence-electron chi connectivity index (χ1n) is 8.20. The van der Waals surface area contributed by atoms with Crippen LogP contribution in [-0.2, 0) is 13.2 Å². The second-order valence-corrected chi connectivity index (χ2v) is 7.25. The number of hydrogen-bond acceptors (Lipinski definition) is 3. The van der Waals surface area contributed by atoms with Crippen molar-refractivity contribution in [2.24, 2.45) is 0 Å². The fourth-order valence-electron chi connectivity index (χ4n) is 2.40. The lowest BCUT2D eigenvalue weighted by atomic mass is 10.1. The molecule has 0 spiro atoms. The third-order valence-electron chi connectivity index (χ3n) is 3.82. The lowest BCUT2D eigenvalue weighted by molar-refractivity contribution is 0.280. The van der Waals surface area contributed by atoms with Crippen LogP contribution in [0.1, 0.15) is 30.9 Å². The molecular weight excluding hydrogens is 425 g/mol. The van der Waals surface area contributed by atoms with Gasteiger partial charge >= 0.3 is 0 Å². The molecule has 136 valence electrons. The molecule has 1 N–H and O–H groups in total. The van der Waals surface area contributed by atoms with E-state index in [0.717, 1.165) is 35.0 Å². The third kappa shape index (κ3) is 5.52. The summed E-state index contributed by atoms with van der Waals surface area (Å²) in [6.45, 7) is 4.08. The Labute approximate surface area is 167 Å². The molecule has 0 saturated carbocycles. The molecule has 0 aliphatic heterocycles. The van der Waals surface area contributed by atoms with E-state index < -0.39 is 0 Å². The van der Waals surface area contributed by atoms with Gasteiger partial charge in [-0.25, -0.2) is 0 Å². The zero-order valence-corrected chi connectivity index (χ0v) is 17.5. The number of halogens is 3. The molecule has 3 nitrogen and oxygen atoms in total. The molecule has 0 aliphatic rings. The average Bonchev–Trinajstić information content (AvgIpc) is 2.60. The SMILES string of the molecule is CCCCNCc1c(Br)ccc(OC)c1OCc1c(Cl)cccc1Cl. The molecule has 2 aromatic rings. The van der Waals surface area contributed by atoms with E-state index in [1.54, 1.807) is 19.2 Å². The molecule has 0 unspecified atom stereocenters. The second-order valence-electron chi connectivity index (χ2n) is 5.58. The molecule has 0 amide bonds. The highest BCUT2D eigenvalue weighted by atomic mass is 79.9. The summed E-state index contributed by atoms with van der Waals surface area (Å²) in [5.41, 5.74) is 1.77. The Morgan fingerprint density at radius 3 is 2.44 bits per heavy atom. The van der Waals surface area contributed by atoms with Crippen LogP contribution in [0.25, 0.3) is 0 Å². The lowest BCUT2D eigenvalue weighted by Gasteiger charge is -2.18. The van der Waals surface area contributed by atoms with Crippen molar-refractivity contribution in [3.63, 3.8) is 0 Å². The van der Waals surface area contributed by atoms with Gasteiger partial charge in [-0.3, -0.25) is 0 Å². The van der Waals surface area contributed by atoms with Crippen molar-refractivity contribution in [1.82, 2.24) is 5.32 Å². The highest BCUT2D eigenvalue weighted by Gasteiger charge is 2.16. The average molecular weight is 447 g/mol. The van der Waals surface area contributed by atoms with Crippen molar-refractivity contribution >= 4 is 39.1 Å². The van der Waals surface area contributed by atoms with Gasteiger partial charge in [-0.05, 0) is 37.2 Å². The molecule has 0 bridgehead atoms. The Bertz CT molecular complexity index is 690. The Morgan fingerprint density at radius 2 is 1.80 bits per heavy atom. The number of unbranched alkanes of at least 4 members (excludes halogenated alkanes) is 1. The molecule has 25 heavy (non-hydrogen) atoms. The first kappa shape index (κ1) is 20.4. The maximum atomic E-state index is 6.24. The standard InChI is InChI=1S/C19H22BrCl2NO2/c1-3-4-10-23-11-13-15(20)8-9-18(24-2)19(13)25-12-14-16(21)6-5-7-17(14)22/h5-9,23H,3-4,10-12H2,1-2H3. The fraction of sp³-hybridized carbons (Fsp3) is 0.368. The number of nitrogens with one attached hydrogen (secondary N) is 1. The maximum absolute atomic E-state index is 6.24. The first-order valence-corrected chi connectivity index (χ1v) is 9.75. The van der Waals surface area contributed by atoms with Gasteiger partial charge in [0.2, 0.25) is 0 Å². The van der Waals surface area contributed by atoms with E-state index in [1.807, 2.05) is 18.2 Å². The minimum atomic E-state index is 0.271. The van der Waals surface area contributed by atoms with Gasteiger partial charge in [-0.15, -0.1) is 0 Å². The van der Waals surface area contributed by atoms with Crippen LogP contribution < -0.4 is 14.8 Å². The number of benzene rings is 2. The maximum Gasteiger partial charge on any atom is 0.167 e. The van der Waals surface area contributed by atoms with E-state index in [2.05, 4.69) is 28.2 Å². The predicted octanol–water partition coefficient (Wildman–Crippen LogP) is 6.23. The van der Waals surface area contributed by atoms with E-state index >= 15 is 0 Å². The predicted molar refractivity (Wildman–Crippen MR) is 108 cm³/mol. The molecule has 0 radical (unpaired) electrons. The van der Waals surface area contributed by atoms with Crippen LogP contribution in [0.3, 0.4) is 0 Å². The van der Waals surface area contributed by atoms with E-state index in [9.17, 15) is 0 Å². The van der Waals surface area contributed by atoms with E-state index in [-0.39, 0.29) is 6.61 Å². The van der Waals surface area contributed by atoms with Crippen LogP contribution >= 0.6 is 39.1 Å². The van der Waals surface area contributed by atoms with E-state index in [4.69, 9.17) is 32.7 Å². The number of hydrogen-bond donors (Lipinski definition) is 1. The molecule has 0 atom stereocenters. The molecule has 0 fully saturated rings. The molecular formula is C19H22BrCl2NO2. The smallest absolute Gasteiger partial charge is 0.167 e. The molecule has 0 aromatic heterocycles. The van der Waals surface area contributed by atoms with Crippen molar-refractivity contribution in [3.05, 3.63) is 56.0 Å². The van der Waals surface area contributed by atoms with Crippen LogP contribution in [0.15, 0.2) is 34.8 Å². The molecule has 2 aromatic carbocycles. The van der Waals surface area contributed by atoms with Crippen LogP contribution in [0.5, 0.6) is 11.5 Å². The third-order valence-corrected chi connectivity index (χ3v) is 5.27. The Kier molecular flexibility index (Phi) is 8.37. The van der Waals surface area contributed by atoms with Crippen molar-refractivity contribution < 1.29 is 9.47 Å². The largest absolute Gasteiger partial charge is 0.493 e. The van der Waals surface area contributed by atoms with Gasteiger partial charge in [0, 0.05) is 32.2 Å². The number of methoxy groups -OCH3 is 1. The van der Waals surface area contributed by atoms with Gasteiger partial charge in [0.05, 0.1) is 7.11 Å². The van der Waals surface area contributed by atoms with Gasteiger partial charge in [-0.2, -0.15) is 0 Å². The molecule has 0 saturated heterocycles. The summed E-state index contributed by atoms with van der Waals surface area (Å²) in [6.07, 6.45) is 2.29. The Balaban J connectivity index is 2.23. The molecule has 0 aliphatic carbocycles. The summed E-state index contributed by atoms with van der Waals surface area (Å²) < 4.78 is 12.5. The normalized spacial score (nSPS) is 10.8. The van der Waals surface area contributed by atoms with E-state index in [1.165, 1.54) is 0 Å². The van der Waals surface area contributed by atoms with Gasteiger partial charge in [-0.1, -0.05) is 58.5 Å². The second kappa shape index (κ2) is 10.3. The Hall–Kier alpha value is -0.940. The van der Waals surface area contributed by atoms with Crippen molar-refractivity contribution in [2.75, 3.05) is 13.7 Å². The summed E-state index contributed by atoms with van der Waals surface area (Å²) in [7, 11) is 1.63. The molecule has 0 heterocycles. The zero-order chi connectivity index (χ0) is 18.2. The highest BCUT2D eigenvalue weighted by molar-refractivity contribution is 9.10. The highest BCUT2D eigenvalue weighted by Crippen LogP contribution is 2.37. The molecule has 2 rings (SSSR count). The van der Waals surface area contributed by atoms with Gasteiger partial charge in [0.25, 0.3) is 0 Å². The lowest BCUT2D eigenvalue weighted by Crippen LogP contribution is -2.16. The van der Waals surface area contributed by atoms with Crippen molar-refractivity contribution in [3.8, 4) is 11.5 Å². The summed E-state index contributed by atoms with van der Waals surface area (Å²) in [4.78, 5) is 0. The summed E-state index contributed by atoms with van der Waals surface area (Å²) >= 11 is 16.1. The summed E-state index contributed by atoms with van der Waals surface area (Å²) in [6, 6.07) is 9.26.